The van der Waals surface area contributed by atoms with Gasteiger partial charge < -0.3 is 10.1 Å². The van der Waals surface area contributed by atoms with Crippen LogP contribution in [0.2, 0.25) is 0 Å². The lowest BCUT2D eigenvalue weighted by Gasteiger charge is -2.17. The summed E-state index contributed by atoms with van der Waals surface area (Å²) < 4.78 is 6.13. The normalized spacial score (nSPS) is 13.8. The van der Waals surface area contributed by atoms with Gasteiger partial charge in [-0.2, -0.15) is 0 Å². The molecule has 1 atom stereocenters. The number of aliphatic imine (C=N–C) groups is 1. The molecule has 3 nitrogen and oxygen atoms in total. The molecule has 0 bridgehead atoms. The number of amidine groups is 1. The molecule has 1 unspecified atom stereocenters. The van der Waals surface area contributed by atoms with Gasteiger partial charge in [0.05, 0.1) is 12.4 Å². The van der Waals surface area contributed by atoms with Gasteiger partial charge in [-0.05, 0) is 25.2 Å². The minimum absolute atomic E-state index is 0.900. The molecule has 1 rings (SSSR count). The summed E-state index contributed by atoms with van der Waals surface area (Å²) in [5, 5.41) is 3.39. The first-order chi connectivity index (χ1) is 21.9. The standard InChI is InChI=1S/C41H82N2O/c1-3-5-7-9-10-11-12-13-14-15-16-17-21-24-27-31-38-44-39-35-40(32-28-8-6-4-2)33-29-25-22-19-18-20-23-26-30-34-41-42-36-37-43-41/h40H,3-39H2,1-2H3,(H,42,43). The Hall–Kier alpha value is -0.570. The van der Waals surface area contributed by atoms with Crippen molar-refractivity contribution < 1.29 is 4.74 Å². The second kappa shape index (κ2) is 35.3. The second-order valence-corrected chi connectivity index (χ2v) is 14.4. The van der Waals surface area contributed by atoms with Crippen molar-refractivity contribution in [3.05, 3.63) is 0 Å². The van der Waals surface area contributed by atoms with Crippen LogP contribution in [0.5, 0.6) is 0 Å². The molecule has 0 aliphatic carbocycles. The lowest BCUT2D eigenvalue weighted by atomic mass is 9.92. The van der Waals surface area contributed by atoms with Crippen LogP contribution in [0.15, 0.2) is 4.99 Å². The predicted octanol–water partition coefficient (Wildman–Crippen LogP) is 13.5. The minimum Gasteiger partial charge on any atom is -0.381 e. The molecule has 1 heterocycles. The van der Waals surface area contributed by atoms with E-state index in [4.69, 9.17) is 4.74 Å². The average Bonchev–Trinajstić information content (AvgIpc) is 3.56. The summed E-state index contributed by atoms with van der Waals surface area (Å²) in [5.41, 5.74) is 0. The molecule has 1 aliphatic heterocycles. The quantitative estimate of drug-likeness (QED) is 0.0703. The first-order valence-electron chi connectivity index (χ1n) is 20.7. The smallest absolute Gasteiger partial charge is 0.0964 e. The lowest BCUT2D eigenvalue weighted by Crippen LogP contribution is -2.17. The van der Waals surface area contributed by atoms with E-state index in [1.54, 1.807) is 0 Å². The Morgan fingerprint density at radius 3 is 1.34 bits per heavy atom. The van der Waals surface area contributed by atoms with Crippen molar-refractivity contribution in [3.8, 4) is 0 Å². The molecule has 1 N–H and O–H groups in total. The average molecular weight is 619 g/mol. The van der Waals surface area contributed by atoms with Crippen LogP contribution in [-0.4, -0.2) is 32.1 Å². The molecule has 3 heteroatoms. The maximum atomic E-state index is 6.13. The van der Waals surface area contributed by atoms with E-state index >= 15 is 0 Å². The van der Waals surface area contributed by atoms with Crippen LogP contribution in [0.1, 0.15) is 226 Å². The summed E-state index contributed by atoms with van der Waals surface area (Å²) in [5.74, 6) is 2.16. The lowest BCUT2D eigenvalue weighted by molar-refractivity contribution is 0.112. The van der Waals surface area contributed by atoms with Crippen LogP contribution in [-0.2, 0) is 4.74 Å². The Bertz CT molecular complexity index is 577. The molecular weight excluding hydrogens is 536 g/mol. The maximum Gasteiger partial charge on any atom is 0.0964 e. The van der Waals surface area contributed by atoms with E-state index in [0.29, 0.717) is 0 Å². The van der Waals surface area contributed by atoms with Crippen molar-refractivity contribution in [2.45, 2.75) is 226 Å². The van der Waals surface area contributed by atoms with E-state index < -0.39 is 0 Å². The third-order valence-electron chi connectivity index (χ3n) is 10.0. The molecule has 262 valence electrons. The van der Waals surface area contributed by atoms with Crippen LogP contribution in [0.25, 0.3) is 0 Å². The molecule has 0 radical (unpaired) electrons. The van der Waals surface area contributed by atoms with Crippen LogP contribution >= 0.6 is 0 Å². The van der Waals surface area contributed by atoms with E-state index in [-0.39, 0.29) is 0 Å². The highest BCUT2D eigenvalue weighted by atomic mass is 16.5. The van der Waals surface area contributed by atoms with Gasteiger partial charge in [0.1, 0.15) is 0 Å². The fourth-order valence-electron chi connectivity index (χ4n) is 6.97. The van der Waals surface area contributed by atoms with Gasteiger partial charge in [0.2, 0.25) is 0 Å². The topological polar surface area (TPSA) is 33.6 Å². The van der Waals surface area contributed by atoms with Gasteiger partial charge in [-0.3, -0.25) is 4.99 Å². The van der Waals surface area contributed by atoms with Crippen LogP contribution in [0.3, 0.4) is 0 Å². The number of nitrogens with one attached hydrogen (secondary N) is 1. The van der Waals surface area contributed by atoms with Crippen molar-refractivity contribution in [1.82, 2.24) is 5.32 Å². The van der Waals surface area contributed by atoms with E-state index in [1.807, 2.05) is 0 Å². The Morgan fingerprint density at radius 1 is 0.477 bits per heavy atom. The van der Waals surface area contributed by atoms with Crippen molar-refractivity contribution in [1.29, 1.82) is 0 Å². The van der Waals surface area contributed by atoms with Gasteiger partial charge in [0.15, 0.2) is 0 Å². The molecule has 0 fully saturated rings. The van der Waals surface area contributed by atoms with E-state index in [2.05, 4.69) is 24.2 Å². The molecule has 44 heavy (non-hydrogen) atoms. The second-order valence-electron chi connectivity index (χ2n) is 14.4. The molecule has 0 saturated carbocycles. The van der Waals surface area contributed by atoms with E-state index in [0.717, 1.165) is 32.2 Å². The molecular formula is C41H82N2O. The first-order valence-corrected chi connectivity index (χ1v) is 20.7. The van der Waals surface area contributed by atoms with Gasteiger partial charge in [0.25, 0.3) is 0 Å². The first kappa shape index (κ1) is 41.5. The number of nitrogens with zero attached hydrogens (tertiary/aromatic N) is 1. The summed E-state index contributed by atoms with van der Waals surface area (Å²) >= 11 is 0. The van der Waals surface area contributed by atoms with Crippen LogP contribution in [0, 0.1) is 5.92 Å². The Balaban J connectivity index is 1.88. The molecule has 0 amide bonds. The van der Waals surface area contributed by atoms with Crippen molar-refractivity contribution >= 4 is 5.84 Å². The number of hydrogen-bond donors (Lipinski definition) is 1. The van der Waals surface area contributed by atoms with Gasteiger partial charge in [-0.1, -0.05) is 200 Å². The molecule has 0 aromatic carbocycles. The van der Waals surface area contributed by atoms with Crippen LogP contribution in [0.4, 0.5) is 0 Å². The highest BCUT2D eigenvalue weighted by molar-refractivity contribution is 5.83. The fraction of sp³-hybridized carbons (Fsp3) is 0.976. The highest BCUT2D eigenvalue weighted by Crippen LogP contribution is 2.22. The number of ether oxygens (including phenoxy) is 1. The zero-order valence-electron chi connectivity index (χ0n) is 30.6. The SMILES string of the molecule is CCCCCCCCCCCCCCCCCCOCCC(CCCCCC)CCCCCCCCCCCC1=NCCN1. The van der Waals surface area contributed by atoms with Gasteiger partial charge in [0, 0.05) is 26.2 Å². The minimum atomic E-state index is 0.900. The van der Waals surface area contributed by atoms with E-state index in [1.165, 1.54) is 218 Å². The van der Waals surface area contributed by atoms with Crippen molar-refractivity contribution in [2.24, 2.45) is 10.9 Å². The summed E-state index contributed by atoms with van der Waals surface area (Å²) in [6.45, 7) is 8.67. The Kier molecular flexibility index (Phi) is 33.2. The zero-order chi connectivity index (χ0) is 31.4. The van der Waals surface area contributed by atoms with Crippen molar-refractivity contribution in [2.75, 3.05) is 26.3 Å². The van der Waals surface area contributed by atoms with Gasteiger partial charge >= 0.3 is 0 Å². The third-order valence-corrected chi connectivity index (χ3v) is 10.0. The number of rotatable bonds is 37. The summed E-state index contributed by atoms with van der Waals surface area (Å²) in [7, 11) is 0. The molecule has 0 spiro atoms. The third kappa shape index (κ3) is 30.1. The maximum absolute atomic E-state index is 6.13. The largest absolute Gasteiger partial charge is 0.381 e. The van der Waals surface area contributed by atoms with Crippen molar-refractivity contribution in [3.63, 3.8) is 0 Å². The Morgan fingerprint density at radius 2 is 0.886 bits per heavy atom. The molecule has 0 aromatic rings. The number of hydrogen-bond acceptors (Lipinski definition) is 3. The van der Waals surface area contributed by atoms with Gasteiger partial charge in [-0.25, -0.2) is 0 Å². The predicted molar refractivity (Wildman–Crippen MR) is 198 cm³/mol. The Labute approximate surface area is 278 Å². The summed E-state index contributed by atoms with van der Waals surface area (Å²) in [6.07, 6.45) is 46.6. The monoisotopic (exact) mass is 619 g/mol. The van der Waals surface area contributed by atoms with Gasteiger partial charge in [-0.15, -0.1) is 0 Å². The summed E-state index contributed by atoms with van der Waals surface area (Å²) in [4.78, 5) is 4.50. The number of unbranched alkanes of at least 4 members (excludes halogenated alkanes) is 26. The van der Waals surface area contributed by atoms with E-state index in [9.17, 15) is 0 Å². The molecule has 1 aliphatic rings. The fourth-order valence-corrected chi connectivity index (χ4v) is 6.97. The highest BCUT2D eigenvalue weighted by Gasteiger charge is 2.09. The zero-order valence-corrected chi connectivity index (χ0v) is 30.6. The molecule has 0 saturated heterocycles. The summed E-state index contributed by atoms with van der Waals surface area (Å²) in [6, 6.07) is 0. The molecule has 0 aromatic heterocycles. The van der Waals surface area contributed by atoms with Crippen LogP contribution < -0.4 is 5.32 Å².